The predicted octanol–water partition coefficient (Wildman–Crippen LogP) is 1.41. The zero-order valence-corrected chi connectivity index (χ0v) is 29.0. The molecule has 14 heteroatoms. The zero-order valence-electron chi connectivity index (χ0n) is 29.0. The van der Waals surface area contributed by atoms with E-state index in [0.29, 0.717) is 13.0 Å². The minimum atomic E-state index is -1.18. The van der Waals surface area contributed by atoms with Gasteiger partial charge in [0, 0.05) is 43.7 Å². The van der Waals surface area contributed by atoms with Crippen molar-refractivity contribution in [2.24, 2.45) is 0 Å². The summed E-state index contributed by atoms with van der Waals surface area (Å²) in [5.74, 6) is -3.81. The summed E-state index contributed by atoms with van der Waals surface area (Å²) in [5.41, 5.74) is -1.67. The van der Waals surface area contributed by atoms with E-state index in [2.05, 4.69) is 21.3 Å². The average molecular weight is 652 g/mol. The van der Waals surface area contributed by atoms with Gasteiger partial charge in [-0.2, -0.15) is 0 Å². The normalized spacial score (nSPS) is 15.6. The summed E-state index contributed by atoms with van der Waals surface area (Å²) >= 11 is 0. The smallest absolute Gasteiger partial charge is 0.328 e. The fourth-order valence-electron chi connectivity index (χ4n) is 4.14. The Bertz CT molecular complexity index is 1150. The summed E-state index contributed by atoms with van der Waals surface area (Å²) in [5, 5.41) is 10.6. The largest absolute Gasteiger partial charge is 0.458 e. The molecule has 0 radical (unpaired) electrons. The second kappa shape index (κ2) is 17.2. The molecule has 0 spiro atoms. The van der Waals surface area contributed by atoms with Crippen LogP contribution in [0.25, 0.3) is 0 Å². The van der Waals surface area contributed by atoms with Crippen molar-refractivity contribution in [3.05, 3.63) is 12.2 Å². The van der Waals surface area contributed by atoms with E-state index in [1.54, 1.807) is 20.8 Å². The molecule has 1 aliphatic heterocycles. The molecular weight excluding hydrogens is 598 g/mol. The topological polar surface area (TPSA) is 189 Å². The van der Waals surface area contributed by atoms with Gasteiger partial charge >= 0.3 is 5.97 Å². The van der Waals surface area contributed by atoms with Gasteiger partial charge in [-0.15, -0.1) is 0 Å². The van der Waals surface area contributed by atoms with Crippen LogP contribution in [0.4, 0.5) is 0 Å². The first-order chi connectivity index (χ1) is 21.0. The fraction of sp³-hybridized carbons (Fsp3) is 0.719. The minimum absolute atomic E-state index is 0.0262. The molecule has 1 aliphatic rings. The SMILES string of the molecule is C[C@H](NC(=O)[C@H](CCC(=O)NC(C)(C)CCOC(C)(C)C)NC(=O)CCCN1C(=O)C=CC1=O)C(=O)N[C@@H](C)C(=O)OC(C)(C)C. The molecule has 0 bridgehead atoms. The number of carbonyl (C=O) groups excluding carboxylic acids is 7. The summed E-state index contributed by atoms with van der Waals surface area (Å²) in [7, 11) is 0. The van der Waals surface area contributed by atoms with Crippen LogP contribution in [-0.4, -0.2) is 94.3 Å². The van der Waals surface area contributed by atoms with Crippen molar-refractivity contribution >= 4 is 41.4 Å². The quantitative estimate of drug-likeness (QED) is 0.133. The van der Waals surface area contributed by atoms with Crippen molar-refractivity contribution < 1.29 is 43.0 Å². The Kier molecular flexibility index (Phi) is 15.0. The zero-order chi connectivity index (χ0) is 35.5. The van der Waals surface area contributed by atoms with Crippen LogP contribution in [0.5, 0.6) is 0 Å². The molecule has 6 amide bonds. The highest BCUT2D eigenvalue weighted by atomic mass is 16.6. The molecule has 0 aliphatic carbocycles. The number of rotatable bonds is 17. The average Bonchev–Trinajstić information content (AvgIpc) is 3.20. The van der Waals surface area contributed by atoms with E-state index < -0.39 is 64.8 Å². The number of amides is 6. The number of esters is 1. The fourth-order valence-corrected chi connectivity index (χ4v) is 4.14. The van der Waals surface area contributed by atoms with Gasteiger partial charge < -0.3 is 30.7 Å². The van der Waals surface area contributed by atoms with E-state index in [9.17, 15) is 33.6 Å². The maximum absolute atomic E-state index is 13.3. The maximum atomic E-state index is 13.3. The standard InChI is InChI=1S/C32H53N5O9/c1-20(27(42)34-21(2)29(44)46-31(6,7)8)33-28(43)22(35-23(38)12-11-18-37-25(40)15-16-26(37)41)13-14-24(39)36-32(9,10)17-19-45-30(3,4)5/h15-16,20-22H,11-14,17-19H2,1-10H3,(H,33,43)(H,34,42)(H,35,38)(H,36,39)/t20-,21-,22-/m0/s1. The van der Waals surface area contributed by atoms with Gasteiger partial charge in [0.15, 0.2) is 0 Å². The second-order valence-corrected chi connectivity index (χ2v) is 14.1. The molecule has 4 N–H and O–H groups in total. The summed E-state index contributed by atoms with van der Waals surface area (Å²) in [4.78, 5) is 88.4. The van der Waals surface area contributed by atoms with Crippen LogP contribution in [0.1, 0.15) is 101 Å². The van der Waals surface area contributed by atoms with Gasteiger partial charge in [0.05, 0.1) is 5.60 Å². The van der Waals surface area contributed by atoms with Crippen LogP contribution in [0, 0.1) is 0 Å². The summed E-state index contributed by atoms with van der Waals surface area (Å²) < 4.78 is 11.0. The number of imide groups is 1. The molecule has 3 atom stereocenters. The van der Waals surface area contributed by atoms with Crippen LogP contribution in [-0.2, 0) is 43.0 Å². The molecule has 46 heavy (non-hydrogen) atoms. The first kappa shape index (κ1) is 40.2. The van der Waals surface area contributed by atoms with Gasteiger partial charge in [-0.3, -0.25) is 33.7 Å². The first-order valence-corrected chi connectivity index (χ1v) is 15.6. The van der Waals surface area contributed by atoms with Gasteiger partial charge in [0.25, 0.3) is 11.8 Å². The number of nitrogens with zero attached hydrogens (tertiary/aromatic N) is 1. The van der Waals surface area contributed by atoms with E-state index in [0.717, 1.165) is 17.1 Å². The number of hydrogen-bond donors (Lipinski definition) is 4. The lowest BCUT2D eigenvalue weighted by Gasteiger charge is -2.29. The van der Waals surface area contributed by atoms with Crippen LogP contribution in [0.3, 0.4) is 0 Å². The van der Waals surface area contributed by atoms with Crippen LogP contribution < -0.4 is 21.3 Å². The van der Waals surface area contributed by atoms with Gasteiger partial charge in [0.1, 0.15) is 23.7 Å². The lowest BCUT2D eigenvalue weighted by atomic mass is 10.00. The maximum Gasteiger partial charge on any atom is 0.328 e. The Labute approximate surface area is 272 Å². The Morgan fingerprint density at radius 3 is 1.87 bits per heavy atom. The molecule has 0 aromatic carbocycles. The van der Waals surface area contributed by atoms with Crippen molar-refractivity contribution in [3.63, 3.8) is 0 Å². The molecule has 0 saturated heterocycles. The van der Waals surface area contributed by atoms with E-state index in [1.807, 2.05) is 34.6 Å². The molecule has 0 aromatic heterocycles. The van der Waals surface area contributed by atoms with E-state index >= 15 is 0 Å². The molecule has 14 nitrogen and oxygen atoms in total. The van der Waals surface area contributed by atoms with Crippen molar-refractivity contribution in [1.82, 2.24) is 26.2 Å². The highest BCUT2D eigenvalue weighted by Gasteiger charge is 2.29. The van der Waals surface area contributed by atoms with Crippen LogP contribution in [0.15, 0.2) is 12.2 Å². The van der Waals surface area contributed by atoms with Crippen molar-refractivity contribution in [1.29, 1.82) is 0 Å². The van der Waals surface area contributed by atoms with Gasteiger partial charge in [-0.05, 0) is 88.5 Å². The molecule has 0 aromatic rings. The highest BCUT2D eigenvalue weighted by molar-refractivity contribution is 6.12. The number of ether oxygens (including phenoxy) is 2. The Hall–Kier alpha value is -3.81. The number of nitrogens with one attached hydrogen (secondary N) is 4. The van der Waals surface area contributed by atoms with E-state index in [4.69, 9.17) is 9.47 Å². The third kappa shape index (κ3) is 16.0. The molecule has 1 rings (SSSR count). The molecule has 260 valence electrons. The van der Waals surface area contributed by atoms with Crippen LogP contribution >= 0.6 is 0 Å². The van der Waals surface area contributed by atoms with Crippen molar-refractivity contribution in [2.75, 3.05) is 13.2 Å². The molecular formula is C32H53N5O9. The van der Waals surface area contributed by atoms with Crippen molar-refractivity contribution in [3.8, 4) is 0 Å². The summed E-state index contributed by atoms with van der Waals surface area (Å²) in [6.45, 7) is 17.9. The highest BCUT2D eigenvalue weighted by Crippen LogP contribution is 2.14. The number of hydrogen-bond acceptors (Lipinski definition) is 9. The Morgan fingerprint density at radius 1 is 0.761 bits per heavy atom. The van der Waals surface area contributed by atoms with Gasteiger partial charge in [-0.25, -0.2) is 4.79 Å². The van der Waals surface area contributed by atoms with E-state index in [1.165, 1.54) is 13.8 Å². The summed E-state index contributed by atoms with van der Waals surface area (Å²) in [6.07, 6.45) is 2.72. The number of carbonyl (C=O) groups is 7. The molecule has 0 saturated carbocycles. The third-order valence-corrected chi connectivity index (χ3v) is 6.61. The van der Waals surface area contributed by atoms with Crippen LogP contribution in [0.2, 0.25) is 0 Å². The monoisotopic (exact) mass is 651 g/mol. The molecule has 0 fully saturated rings. The minimum Gasteiger partial charge on any atom is -0.458 e. The predicted molar refractivity (Wildman–Crippen MR) is 170 cm³/mol. The third-order valence-electron chi connectivity index (χ3n) is 6.61. The van der Waals surface area contributed by atoms with E-state index in [-0.39, 0.29) is 43.7 Å². The first-order valence-electron chi connectivity index (χ1n) is 15.6. The molecule has 1 heterocycles. The van der Waals surface area contributed by atoms with Crippen molar-refractivity contribution in [2.45, 2.75) is 136 Å². The second-order valence-electron chi connectivity index (χ2n) is 14.1. The Morgan fingerprint density at radius 2 is 1.33 bits per heavy atom. The lowest BCUT2D eigenvalue weighted by Crippen LogP contribution is -2.55. The Balaban J connectivity index is 2.85. The van der Waals surface area contributed by atoms with Gasteiger partial charge in [-0.1, -0.05) is 0 Å². The van der Waals surface area contributed by atoms with Gasteiger partial charge in [0.2, 0.25) is 23.6 Å². The summed E-state index contributed by atoms with van der Waals surface area (Å²) in [6, 6.07) is -3.25. The lowest BCUT2D eigenvalue weighted by molar-refractivity contribution is -0.158. The molecule has 0 unspecified atom stereocenters.